The van der Waals surface area contributed by atoms with E-state index in [0.29, 0.717) is 11.5 Å². The van der Waals surface area contributed by atoms with Crippen LogP contribution in [0.5, 0.6) is 0 Å². The largest absolute Gasteiger partial charge is 0.352 e. The fourth-order valence-corrected chi connectivity index (χ4v) is 4.55. The number of aryl methyl sites for hydroxylation is 3. The highest BCUT2D eigenvalue weighted by Gasteiger charge is 2.23. The van der Waals surface area contributed by atoms with Crippen molar-refractivity contribution in [3.63, 3.8) is 0 Å². The molecule has 1 fully saturated rings. The highest BCUT2D eigenvalue weighted by molar-refractivity contribution is 7.80. The molecule has 1 saturated heterocycles. The van der Waals surface area contributed by atoms with Crippen molar-refractivity contribution < 1.29 is 4.79 Å². The molecule has 164 valence electrons. The Morgan fingerprint density at radius 1 is 0.969 bits per heavy atom. The van der Waals surface area contributed by atoms with E-state index in [1.54, 1.807) is 0 Å². The lowest BCUT2D eigenvalue weighted by atomic mass is 9.94. The van der Waals surface area contributed by atoms with E-state index in [1.807, 2.05) is 48.2 Å². The third kappa shape index (κ3) is 4.83. The van der Waals surface area contributed by atoms with Crippen LogP contribution in [0.15, 0.2) is 66.7 Å². The van der Waals surface area contributed by atoms with Gasteiger partial charge < -0.3 is 15.5 Å². The molecule has 0 bridgehead atoms. The smallest absolute Gasteiger partial charge is 0.227 e. The van der Waals surface area contributed by atoms with Gasteiger partial charge >= 0.3 is 0 Å². The van der Waals surface area contributed by atoms with Crippen LogP contribution >= 0.6 is 12.2 Å². The molecular weight excluding hydrogens is 414 g/mol. The Morgan fingerprint density at radius 2 is 1.75 bits per heavy atom. The van der Waals surface area contributed by atoms with Crippen LogP contribution in [-0.2, 0) is 4.79 Å². The van der Waals surface area contributed by atoms with Gasteiger partial charge in [0.05, 0.1) is 6.04 Å². The minimum absolute atomic E-state index is 0.0677. The van der Waals surface area contributed by atoms with Crippen LogP contribution in [0.25, 0.3) is 0 Å². The van der Waals surface area contributed by atoms with Gasteiger partial charge in [-0.3, -0.25) is 4.79 Å². The highest BCUT2D eigenvalue weighted by atomic mass is 32.1. The van der Waals surface area contributed by atoms with E-state index in [4.69, 9.17) is 12.2 Å². The standard InChI is InChI=1S/C27H29N3OS/c1-18-11-14-23(20(3)16-18)26(21-8-5-4-6-9-21)29-27(32)28-22-13-12-19(2)24(17-22)30-15-7-10-25(30)31/h4-6,8-9,11-14,16-17,26H,7,10,15H2,1-3H3,(H2,28,29,32). The Hall–Kier alpha value is -3.18. The van der Waals surface area contributed by atoms with Gasteiger partial charge in [0.25, 0.3) is 0 Å². The fraction of sp³-hybridized carbons (Fsp3) is 0.259. The van der Waals surface area contributed by atoms with Crippen molar-refractivity contribution in [2.24, 2.45) is 0 Å². The number of hydrogen-bond donors (Lipinski definition) is 2. The number of hydrogen-bond acceptors (Lipinski definition) is 2. The Morgan fingerprint density at radius 3 is 2.44 bits per heavy atom. The highest BCUT2D eigenvalue weighted by Crippen LogP contribution is 2.29. The first-order chi connectivity index (χ1) is 15.4. The first kappa shape index (κ1) is 22.0. The average Bonchev–Trinajstić information content (AvgIpc) is 3.20. The monoisotopic (exact) mass is 443 g/mol. The van der Waals surface area contributed by atoms with Crippen LogP contribution in [0, 0.1) is 20.8 Å². The summed E-state index contributed by atoms with van der Waals surface area (Å²) in [4.78, 5) is 14.1. The van der Waals surface area contributed by atoms with Crippen molar-refractivity contribution in [2.45, 2.75) is 39.7 Å². The second-order valence-electron chi connectivity index (χ2n) is 8.45. The van der Waals surface area contributed by atoms with Crippen LogP contribution in [-0.4, -0.2) is 17.6 Å². The number of anilines is 2. The number of thiocarbonyl (C=S) groups is 1. The zero-order valence-electron chi connectivity index (χ0n) is 18.8. The number of nitrogens with one attached hydrogen (secondary N) is 2. The van der Waals surface area contributed by atoms with E-state index < -0.39 is 0 Å². The molecule has 3 aromatic rings. The van der Waals surface area contributed by atoms with Crippen molar-refractivity contribution >= 4 is 34.6 Å². The minimum Gasteiger partial charge on any atom is -0.352 e. The molecule has 0 spiro atoms. The molecule has 32 heavy (non-hydrogen) atoms. The molecule has 1 aliphatic rings. The molecule has 0 aliphatic carbocycles. The normalized spacial score (nSPS) is 14.3. The molecule has 1 amide bonds. The third-order valence-electron chi connectivity index (χ3n) is 5.98. The predicted octanol–water partition coefficient (Wildman–Crippen LogP) is 5.81. The number of amides is 1. The van der Waals surface area contributed by atoms with Crippen molar-refractivity contribution in [3.8, 4) is 0 Å². The van der Waals surface area contributed by atoms with E-state index in [-0.39, 0.29) is 11.9 Å². The Kier molecular flexibility index (Phi) is 6.56. The summed E-state index contributed by atoms with van der Waals surface area (Å²) < 4.78 is 0. The summed E-state index contributed by atoms with van der Waals surface area (Å²) in [6, 6.07) is 22.8. The average molecular weight is 444 g/mol. The second kappa shape index (κ2) is 9.53. The van der Waals surface area contributed by atoms with Gasteiger partial charge in [-0.15, -0.1) is 0 Å². The van der Waals surface area contributed by atoms with Gasteiger partial charge in [0, 0.05) is 24.3 Å². The molecular formula is C27H29N3OS. The number of benzene rings is 3. The Balaban J connectivity index is 1.57. The summed E-state index contributed by atoms with van der Waals surface area (Å²) in [6.07, 6.45) is 1.52. The zero-order chi connectivity index (χ0) is 22.7. The number of carbonyl (C=O) groups excluding carboxylic acids is 1. The molecule has 5 heteroatoms. The molecule has 0 aromatic heterocycles. The summed E-state index contributed by atoms with van der Waals surface area (Å²) >= 11 is 5.71. The topological polar surface area (TPSA) is 44.4 Å². The summed E-state index contributed by atoms with van der Waals surface area (Å²) in [7, 11) is 0. The summed E-state index contributed by atoms with van der Waals surface area (Å²) in [5.74, 6) is 0.185. The van der Waals surface area contributed by atoms with Gasteiger partial charge in [-0.1, -0.05) is 60.2 Å². The molecule has 1 heterocycles. The fourth-order valence-electron chi connectivity index (χ4n) is 4.31. The summed E-state index contributed by atoms with van der Waals surface area (Å²) in [5.41, 5.74) is 7.71. The van der Waals surface area contributed by atoms with Gasteiger partial charge in [0.1, 0.15) is 0 Å². The van der Waals surface area contributed by atoms with E-state index >= 15 is 0 Å². The van der Waals surface area contributed by atoms with Crippen molar-refractivity contribution in [1.82, 2.24) is 5.32 Å². The maximum atomic E-state index is 12.2. The van der Waals surface area contributed by atoms with Crippen LogP contribution < -0.4 is 15.5 Å². The number of carbonyl (C=O) groups is 1. The van der Waals surface area contributed by atoms with Crippen molar-refractivity contribution in [3.05, 3.63) is 94.5 Å². The summed E-state index contributed by atoms with van der Waals surface area (Å²) in [5, 5.41) is 7.38. The molecule has 0 saturated carbocycles. The molecule has 2 N–H and O–H groups in total. The molecule has 3 aromatic carbocycles. The molecule has 1 aliphatic heterocycles. The predicted molar refractivity (Wildman–Crippen MR) is 136 cm³/mol. The van der Waals surface area contributed by atoms with Crippen LogP contribution in [0.3, 0.4) is 0 Å². The Labute approximate surface area is 195 Å². The summed E-state index contributed by atoms with van der Waals surface area (Å²) in [6.45, 7) is 7.05. The van der Waals surface area contributed by atoms with Crippen molar-refractivity contribution in [1.29, 1.82) is 0 Å². The maximum Gasteiger partial charge on any atom is 0.227 e. The first-order valence-electron chi connectivity index (χ1n) is 11.0. The lowest BCUT2D eigenvalue weighted by Crippen LogP contribution is -2.33. The lowest BCUT2D eigenvalue weighted by molar-refractivity contribution is -0.117. The van der Waals surface area contributed by atoms with Crippen molar-refractivity contribution in [2.75, 3.05) is 16.8 Å². The quantitative estimate of drug-likeness (QED) is 0.488. The molecule has 0 radical (unpaired) electrons. The maximum absolute atomic E-state index is 12.2. The van der Waals surface area contributed by atoms with E-state index in [9.17, 15) is 4.79 Å². The minimum atomic E-state index is -0.0677. The van der Waals surface area contributed by atoms with Crippen LogP contribution in [0.4, 0.5) is 11.4 Å². The van der Waals surface area contributed by atoms with Crippen LogP contribution in [0.2, 0.25) is 0 Å². The molecule has 1 unspecified atom stereocenters. The zero-order valence-corrected chi connectivity index (χ0v) is 19.6. The third-order valence-corrected chi connectivity index (χ3v) is 6.20. The first-order valence-corrected chi connectivity index (χ1v) is 11.4. The lowest BCUT2D eigenvalue weighted by Gasteiger charge is -2.24. The van der Waals surface area contributed by atoms with E-state index in [1.165, 1.54) is 16.7 Å². The van der Waals surface area contributed by atoms with E-state index in [2.05, 4.69) is 54.8 Å². The SMILES string of the molecule is Cc1ccc(C(NC(=S)Nc2ccc(C)c(N3CCCC3=O)c2)c2ccccc2)c(C)c1. The number of nitrogens with zero attached hydrogens (tertiary/aromatic N) is 1. The van der Waals surface area contributed by atoms with Gasteiger partial charge in [-0.05, 0) is 73.8 Å². The molecule has 4 rings (SSSR count). The Bertz CT molecular complexity index is 1140. The van der Waals surface area contributed by atoms with Gasteiger partial charge in [0.15, 0.2) is 5.11 Å². The van der Waals surface area contributed by atoms with Crippen LogP contribution in [0.1, 0.15) is 46.7 Å². The van der Waals surface area contributed by atoms with Gasteiger partial charge in [-0.2, -0.15) is 0 Å². The van der Waals surface area contributed by atoms with E-state index in [0.717, 1.165) is 35.5 Å². The van der Waals surface area contributed by atoms with Gasteiger partial charge in [0.2, 0.25) is 5.91 Å². The second-order valence-corrected chi connectivity index (χ2v) is 8.86. The van der Waals surface area contributed by atoms with Gasteiger partial charge in [-0.25, -0.2) is 0 Å². The number of rotatable bonds is 5. The molecule has 1 atom stereocenters. The molecule has 4 nitrogen and oxygen atoms in total.